The molecule has 1 saturated carbocycles. The van der Waals surface area contributed by atoms with Crippen LogP contribution in [-0.2, 0) is 7.05 Å². The molecule has 0 unspecified atom stereocenters. The van der Waals surface area contributed by atoms with Gasteiger partial charge in [0.1, 0.15) is 11.5 Å². The topological polar surface area (TPSA) is 107 Å². The molecule has 1 amide bonds. The average Bonchev–Trinajstić information content (AvgIpc) is 3.36. The summed E-state index contributed by atoms with van der Waals surface area (Å²) in [6.45, 7) is 2.13. The first-order chi connectivity index (χ1) is 12.0. The monoisotopic (exact) mass is 344 g/mol. The van der Waals surface area contributed by atoms with E-state index in [9.17, 15) is 14.4 Å². The first-order valence-electron chi connectivity index (χ1n) is 8.43. The molecule has 4 rings (SSSR count). The Morgan fingerprint density at radius 1 is 1.16 bits per heavy atom. The predicted molar refractivity (Wildman–Crippen MR) is 91.0 cm³/mol. The summed E-state index contributed by atoms with van der Waals surface area (Å²) in [6, 6.07) is 3.26. The zero-order valence-electron chi connectivity index (χ0n) is 14.0. The summed E-state index contributed by atoms with van der Waals surface area (Å²) < 4.78 is 1.03. The van der Waals surface area contributed by atoms with Crippen LogP contribution in [0, 0.1) is 0 Å². The summed E-state index contributed by atoms with van der Waals surface area (Å²) in [5, 5.41) is 7.10. The lowest BCUT2D eigenvalue weighted by Gasteiger charge is -2.35. The number of hydrogen-bond acceptors (Lipinski definition) is 5. The first kappa shape index (κ1) is 15.7. The first-order valence-corrected chi connectivity index (χ1v) is 8.43. The molecule has 3 heterocycles. The van der Waals surface area contributed by atoms with Crippen LogP contribution in [0.3, 0.4) is 0 Å². The van der Waals surface area contributed by atoms with Crippen LogP contribution in [0.5, 0.6) is 0 Å². The van der Waals surface area contributed by atoms with Gasteiger partial charge in [0.2, 0.25) is 0 Å². The predicted octanol–water partition coefficient (Wildman–Crippen LogP) is -0.363. The Balaban J connectivity index is 1.43. The molecule has 9 nitrogen and oxygen atoms in total. The van der Waals surface area contributed by atoms with Gasteiger partial charge in [-0.15, -0.1) is 0 Å². The van der Waals surface area contributed by atoms with Crippen molar-refractivity contribution in [3.05, 3.63) is 44.4 Å². The van der Waals surface area contributed by atoms with Crippen LogP contribution < -0.4 is 16.1 Å². The Hall–Kier alpha value is -2.84. The van der Waals surface area contributed by atoms with E-state index in [1.807, 2.05) is 11.0 Å². The number of rotatable bonds is 3. The number of hydrogen-bond donors (Lipinski definition) is 2. The van der Waals surface area contributed by atoms with Gasteiger partial charge in [0.15, 0.2) is 0 Å². The van der Waals surface area contributed by atoms with Crippen LogP contribution in [0.4, 0.5) is 5.82 Å². The van der Waals surface area contributed by atoms with Gasteiger partial charge in [-0.2, -0.15) is 5.10 Å². The van der Waals surface area contributed by atoms with E-state index in [-0.39, 0.29) is 11.5 Å². The van der Waals surface area contributed by atoms with E-state index < -0.39 is 5.69 Å². The average molecular weight is 344 g/mol. The normalized spacial score (nSPS) is 17.8. The third-order valence-electron chi connectivity index (χ3n) is 4.87. The van der Waals surface area contributed by atoms with Gasteiger partial charge in [-0.25, -0.2) is 4.79 Å². The minimum absolute atomic E-state index is 0.0831. The van der Waals surface area contributed by atoms with Crippen molar-refractivity contribution in [3.63, 3.8) is 0 Å². The summed E-state index contributed by atoms with van der Waals surface area (Å²) in [4.78, 5) is 42.4. The zero-order valence-corrected chi connectivity index (χ0v) is 14.0. The van der Waals surface area contributed by atoms with Crippen LogP contribution in [0.1, 0.15) is 34.9 Å². The van der Waals surface area contributed by atoms with Crippen molar-refractivity contribution in [2.45, 2.75) is 18.8 Å². The Kier molecular flexibility index (Phi) is 3.70. The Labute approximate surface area is 143 Å². The summed E-state index contributed by atoms with van der Waals surface area (Å²) in [6.07, 6.45) is 2.31. The Bertz CT molecular complexity index is 883. The number of carbonyl (C=O) groups is 1. The van der Waals surface area contributed by atoms with Gasteiger partial charge in [0.05, 0.1) is 0 Å². The lowest BCUT2D eigenvalue weighted by Crippen LogP contribution is -2.50. The van der Waals surface area contributed by atoms with E-state index in [1.165, 1.54) is 13.1 Å². The van der Waals surface area contributed by atoms with Crippen LogP contribution in [0.15, 0.2) is 21.7 Å². The van der Waals surface area contributed by atoms with Crippen LogP contribution in [0.25, 0.3) is 0 Å². The van der Waals surface area contributed by atoms with Gasteiger partial charge < -0.3 is 9.80 Å². The largest absolute Gasteiger partial charge is 0.354 e. The SMILES string of the molecule is Cn1c(=O)cc(N2CCN(C(=O)c3cc(C4CC4)[nH]n3)CC2)[nH]c1=O. The number of piperazine rings is 1. The third kappa shape index (κ3) is 2.97. The number of H-pyrrole nitrogens is 2. The highest BCUT2D eigenvalue weighted by molar-refractivity contribution is 5.92. The van der Waals surface area contributed by atoms with E-state index in [0.717, 1.165) is 23.1 Å². The van der Waals surface area contributed by atoms with Gasteiger partial charge >= 0.3 is 5.69 Å². The van der Waals surface area contributed by atoms with Crippen molar-refractivity contribution in [1.29, 1.82) is 0 Å². The summed E-state index contributed by atoms with van der Waals surface area (Å²) in [7, 11) is 1.43. The van der Waals surface area contributed by atoms with Crippen molar-refractivity contribution in [2.75, 3.05) is 31.1 Å². The molecule has 1 aliphatic carbocycles. The molecule has 1 saturated heterocycles. The zero-order chi connectivity index (χ0) is 17.6. The van der Waals surface area contributed by atoms with Gasteiger partial charge in [0.25, 0.3) is 11.5 Å². The van der Waals surface area contributed by atoms with Crippen molar-refractivity contribution in [2.24, 2.45) is 7.05 Å². The molecule has 9 heteroatoms. The molecule has 25 heavy (non-hydrogen) atoms. The fraction of sp³-hybridized carbons (Fsp3) is 0.500. The fourth-order valence-corrected chi connectivity index (χ4v) is 3.08. The standard InChI is InChI=1S/C16H20N6O3/c1-20-14(23)9-13(17-16(20)25)21-4-6-22(7-5-21)15(24)12-8-11(18-19-12)10-2-3-10/h8-10H,2-7H2,1H3,(H,17,25)(H,18,19). The molecule has 2 aromatic heterocycles. The van der Waals surface area contributed by atoms with Crippen molar-refractivity contribution >= 4 is 11.7 Å². The second-order valence-electron chi connectivity index (χ2n) is 6.62. The van der Waals surface area contributed by atoms with Crippen molar-refractivity contribution in [3.8, 4) is 0 Å². The third-order valence-corrected chi connectivity index (χ3v) is 4.87. The minimum atomic E-state index is -0.440. The van der Waals surface area contributed by atoms with Gasteiger partial charge in [-0.3, -0.25) is 24.2 Å². The molecule has 0 bridgehead atoms. The van der Waals surface area contributed by atoms with E-state index in [2.05, 4.69) is 15.2 Å². The second-order valence-corrected chi connectivity index (χ2v) is 6.62. The maximum atomic E-state index is 12.6. The van der Waals surface area contributed by atoms with E-state index >= 15 is 0 Å². The van der Waals surface area contributed by atoms with Crippen molar-refractivity contribution < 1.29 is 4.79 Å². The number of nitrogens with zero attached hydrogens (tertiary/aromatic N) is 4. The Morgan fingerprint density at radius 3 is 2.52 bits per heavy atom. The molecular formula is C16H20N6O3. The van der Waals surface area contributed by atoms with Gasteiger partial charge in [-0.1, -0.05) is 0 Å². The minimum Gasteiger partial charge on any atom is -0.354 e. The van der Waals surface area contributed by atoms with Crippen LogP contribution in [-0.4, -0.2) is 56.7 Å². The quantitative estimate of drug-likeness (QED) is 0.790. The molecule has 2 N–H and O–H groups in total. The van der Waals surface area contributed by atoms with Crippen molar-refractivity contribution in [1.82, 2.24) is 24.6 Å². The maximum Gasteiger partial charge on any atom is 0.329 e. The number of nitrogens with one attached hydrogen (secondary N) is 2. The van der Waals surface area contributed by atoms with Crippen LogP contribution >= 0.6 is 0 Å². The molecular weight excluding hydrogens is 324 g/mol. The summed E-state index contributed by atoms with van der Waals surface area (Å²) >= 11 is 0. The molecule has 2 fully saturated rings. The molecule has 132 valence electrons. The number of anilines is 1. The highest BCUT2D eigenvalue weighted by atomic mass is 16.2. The van der Waals surface area contributed by atoms with E-state index in [1.54, 1.807) is 4.90 Å². The number of amides is 1. The molecule has 0 aromatic carbocycles. The molecule has 1 aliphatic heterocycles. The lowest BCUT2D eigenvalue weighted by atomic mass is 10.2. The molecule has 2 aromatic rings. The van der Waals surface area contributed by atoms with Gasteiger partial charge in [0, 0.05) is 50.9 Å². The highest BCUT2D eigenvalue weighted by Gasteiger charge is 2.29. The maximum absolute atomic E-state index is 12.6. The molecule has 0 spiro atoms. The fourth-order valence-electron chi connectivity index (χ4n) is 3.08. The number of aromatic nitrogens is 4. The second kappa shape index (κ2) is 5.91. The number of aromatic amines is 2. The van der Waals surface area contributed by atoms with Crippen LogP contribution in [0.2, 0.25) is 0 Å². The van der Waals surface area contributed by atoms with Gasteiger partial charge in [-0.05, 0) is 18.9 Å². The number of carbonyl (C=O) groups excluding carboxylic acids is 1. The molecule has 0 radical (unpaired) electrons. The van der Waals surface area contributed by atoms with E-state index in [0.29, 0.717) is 43.6 Å². The molecule has 0 atom stereocenters. The Morgan fingerprint density at radius 2 is 1.88 bits per heavy atom. The summed E-state index contributed by atoms with van der Waals surface area (Å²) in [5.41, 5.74) is 0.712. The molecule has 2 aliphatic rings. The smallest absolute Gasteiger partial charge is 0.329 e. The highest BCUT2D eigenvalue weighted by Crippen LogP contribution is 2.39. The lowest BCUT2D eigenvalue weighted by molar-refractivity contribution is 0.0740. The summed E-state index contributed by atoms with van der Waals surface area (Å²) in [5.74, 6) is 0.944. The van der Waals surface area contributed by atoms with E-state index in [4.69, 9.17) is 0 Å².